The van der Waals surface area contributed by atoms with Crippen molar-refractivity contribution in [2.24, 2.45) is 5.92 Å². The van der Waals surface area contributed by atoms with Crippen LogP contribution >= 0.6 is 0 Å². The van der Waals surface area contributed by atoms with Gasteiger partial charge in [0.1, 0.15) is 0 Å². The van der Waals surface area contributed by atoms with Gasteiger partial charge in [-0.3, -0.25) is 4.79 Å². The van der Waals surface area contributed by atoms with Gasteiger partial charge >= 0.3 is 5.97 Å². The molecule has 2 rings (SSSR count). The van der Waals surface area contributed by atoms with E-state index in [2.05, 4.69) is 12.2 Å². The molecule has 114 valence electrons. The smallest absolute Gasteiger partial charge is 0.338 e. The first kappa shape index (κ1) is 15.5. The minimum absolute atomic E-state index is 0.0706. The average Bonchev–Trinajstić information content (AvgIpc) is 3.32. The highest BCUT2D eigenvalue weighted by molar-refractivity contribution is 5.95. The van der Waals surface area contributed by atoms with Crippen molar-refractivity contribution in [1.82, 2.24) is 0 Å². The Morgan fingerprint density at radius 2 is 1.86 bits per heavy atom. The van der Waals surface area contributed by atoms with E-state index in [1.807, 2.05) is 0 Å². The van der Waals surface area contributed by atoms with Gasteiger partial charge in [-0.15, -0.1) is 0 Å². The van der Waals surface area contributed by atoms with Crippen LogP contribution in [0.1, 0.15) is 55.8 Å². The number of carbonyl (C=O) groups is 2. The van der Waals surface area contributed by atoms with Crippen LogP contribution in [0.3, 0.4) is 0 Å². The van der Waals surface area contributed by atoms with Gasteiger partial charge in [-0.2, -0.15) is 0 Å². The molecular formula is C17H23NO3. The fourth-order valence-electron chi connectivity index (χ4n) is 2.06. The first-order valence-electron chi connectivity index (χ1n) is 7.78. The van der Waals surface area contributed by atoms with E-state index in [1.54, 1.807) is 24.3 Å². The predicted octanol–water partition coefficient (Wildman–Crippen LogP) is 3.77. The minimum Gasteiger partial charge on any atom is -0.462 e. The molecule has 4 nitrogen and oxygen atoms in total. The number of carbonyl (C=O) groups excluding carboxylic acids is 2. The van der Waals surface area contributed by atoms with E-state index in [0.29, 0.717) is 12.2 Å². The molecule has 0 saturated heterocycles. The Bertz CT molecular complexity index is 477. The van der Waals surface area contributed by atoms with Crippen LogP contribution in [-0.4, -0.2) is 18.5 Å². The van der Waals surface area contributed by atoms with Crippen LogP contribution in [-0.2, 0) is 9.53 Å². The third-order valence-corrected chi connectivity index (χ3v) is 3.57. The Morgan fingerprint density at radius 1 is 1.14 bits per heavy atom. The van der Waals surface area contributed by atoms with Gasteiger partial charge < -0.3 is 10.1 Å². The third kappa shape index (κ3) is 5.21. The van der Waals surface area contributed by atoms with E-state index in [9.17, 15) is 9.59 Å². The van der Waals surface area contributed by atoms with Crippen molar-refractivity contribution >= 4 is 17.6 Å². The summed E-state index contributed by atoms with van der Waals surface area (Å²) in [6.45, 7) is 2.62. The average molecular weight is 289 g/mol. The maximum atomic E-state index is 11.8. The monoisotopic (exact) mass is 289 g/mol. The molecule has 1 aliphatic carbocycles. The molecule has 1 aromatic carbocycles. The number of esters is 1. The lowest BCUT2D eigenvalue weighted by molar-refractivity contribution is -0.117. The second kappa shape index (κ2) is 7.81. The number of nitrogens with one attached hydrogen (secondary N) is 1. The number of anilines is 1. The third-order valence-electron chi connectivity index (χ3n) is 3.57. The summed E-state index contributed by atoms with van der Waals surface area (Å²) in [6.07, 6.45) is 6.31. The highest BCUT2D eigenvalue weighted by atomic mass is 16.5. The zero-order chi connectivity index (χ0) is 15.1. The van der Waals surface area contributed by atoms with E-state index < -0.39 is 0 Å². The van der Waals surface area contributed by atoms with E-state index >= 15 is 0 Å². The number of amides is 1. The summed E-state index contributed by atoms with van der Waals surface area (Å²) in [5, 5.41) is 2.85. The molecule has 1 aliphatic rings. The zero-order valence-electron chi connectivity index (χ0n) is 12.6. The lowest BCUT2D eigenvalue weighted by Gasteiger charge is -2.07. The number of unbranched alkanes of at least 4 members (excludes halogenated alkanes) is 3. The van der Waals surface area contributed by atoms with Crippen LogP contribution in [0.25, 0.3) is 0 Å². The molecule has 0 heterocycles. The molecule has 1 N–H and O–H groups in total. The Balaban J connectivity index is 1.75. The number of ether oxygens (including phenoxy) is 1. The number of hydrogen-bond acceptors (Lipinski definition) is 3. The van der Waals surface area contributed by atoms with Crippen LogP contribution in [0.2, 0.25) is 0 Å². The van der Waals surface area contributed by atoms with E-state index in [-0.39, 0.29) is 17.8 Å². The van der Waals surface area contributed by atoms with Gasteiger partial charge in [-0.1, -0.05) is 26.2 Å². The summed E-state index contributed by atoms with van der Waals surface area (Å²) in [5.41, 5.74) is 1.25. The highest BCUT2D eigenvalue weighted by Crippen LogP contribution is 2.30. The lowest BCUT2D eigenvalue weighted by atomic mass is 10.2. The van der Waals surface area contributed by atoms with Crippen molar-refractivity contribution < 1.29 is 14.3 Å². The van der Waals surface area contributed by atoms with Gasteiger partial charge in [0.2, 0.25) is 5.91 Å². The van der Waals surface area contributed by atoms with Gasteiger partial charge in [0.25, 0.3) is 0 Å². The Kier molecular flexibility index (Phi) is 5.78. The summed E-state index contributed by atoms with van der Waals surface area (Å²) in [7, 11) is 0. The van der Waals surface area contributed by atoms with Crippen LogP contribution in [0.4, 0.5) is 5.69 Å². The molecule has 4 heteroatoms. The highest BCUT2D eigenvalue weighted by Gasteiger charge is 2.29. The van der Waals surface area contributed by atoms with Crippen molar-refractivity contribution in [1.29, 1.82) is 0 Å². The summed E-state index contributed by atoms with van der Waals surface area (Å²) in [5.74, 6) is -0.0504. The standard InChI is InChI=1S/C17H23NO3/c1-2-3-4-5-12-21-17(20)14-8-10-15(11-9-14)18-16(19)13-6-7-13/h8-11,13H,2-7,12H2,1H3,(H,18,19). The van der Waals surface area contributed by atoms with Gasteiger partial charge in [-0.25, -0.2) is 4.79 Å². The zero-order valence-corrected chi connectivity index (χ0v) is 12.6. The maximum Gasteiger partial charge on any atom is 0.338 e. The van der Waals surface area contributed by atoms with Crippen LogP contribution in [0, 0.1) is 5.92 Å². The predicted molar refractivity (Wildman–Crippen MR) is 82.2 cm³/mol. The second-order valence-corrected chi connectivity index (χ2v) is 5.54. The maximum absolute atomic E-state index is 11.8. The molecule has 0 radical (unpaired) electrons. The largest absolute Gasteiger partial charge is 0.462 e. The first-order valence-corrected chi connectivity index (χ1v) is 7.78. The molecule has 1 saturated carbocycles. The molecule has 1 aromatic rings. The van der Waals surface area contributed by atoms with Crippen molar-refractivity contribution in [2.45, 2.75) is 45.4 Å². The normalized spacial score (nSPS) is 13.8. The summed E-state index contributed by atoms with van der Waals surface area (Å²) in [6, 6.07) is 6.87. The Hall–Kier alpha value is -1.84. The second-order valence-electron chi connectivity index (χ2n) is 5.54. The van der Waals surface area contributed by atoms with E-state index in [0.717, 1.165) is 31.4 Å². The fourth-order valence-corrected chi connectivity index (χ4v) is 2.06. The van der Waals surface area contributed by atoms with Gasteiger partial charge in [0.15, 0.2) is 0 Å². The Labute approximate surface area is 125 Å². The fraction of sp³-hybridized carbons (Fsp3) is 0.529. The van der Waals surface area contributed by atoms with Gasteiger partial charge in [0, 0.05) is 11.6 Å². The topological polar surface area (TPSA) is 55.4 Å². The summed E-state index contributed by atoms with van der Waals surface area (Å²) < 4.78 is 5.22. The molecule has 0 atom stereocenters. The Morgan fingerprint density at radius 3 is 2.48 bits per heavy atom. The molecule has 0 aromatic heterocycles. The number of hydrogen-bond donors (Lipinski definition) is 1. The molecule has 21 heavy (non-hydrogen) atoms. The molecule has 0 aliphatic heterocycles. The van der Waals surface area contributed by atoms with Crippen LogP contribution in [0.15, 0.2) is 24.3 Å². The van der Waals surface area contributed by atoms with Crippen LogP contribution < -0.4 is 5.32 Å². The van der Waals surface area contributed by atoms with Crippen molar-refractivity contribution in [2.75, 3.05) is 11.9 Å². The van der Waals surface area contributed by atoms with Gasteiger partial charge in [0.05, 0.1) is 12.2 Å². The lowest BCUT2D eigenvalue weighted by Crippen LogP contribution is -2.13. The minimum atomic E-state index is -0.299. The SMILES string of the molecule is CCCCCCOC(=O)c1ccc(NC(=O)C2CC2)cc1. The van der Waals surface area contributed by atoms with Crippen molar-refractivity contribution in [3.63, 3.8) is 0 Å². The van der Waals surface area contributed by atoms with E-state index in [4.69, 9.17) is 4.74 Å². The number of benzene rings is 1. The summed E-state index contributed by atoms with van der Waals surface area (Å²) >= 11 is 0. The van der Waals surface area contributed by atoms with Crippen molar-refractivity contribution in [3.8, 4) is 0 Å². The molecule has 1 amide bonds. The molecular weight excluding hydrogens is 266 g/mol. The molecule has 0 bridgehead atoms. The molecule has 1 fully saturated rings. The van der Waals surface area contributed by atoms with Gasteiger partial charge in [-0.05, 0) is 43.5 Å². The molecule has 0 unspecified atom stereocenters. The van der Waals surface area contributed by atoms with Crippen molar-refractivity contribution in [3.05, 3.63) is 29.8 Å². The molecule has 0 spiro atoms. The summed E-state index contributed by atoms with van der Waals surface area (Å²) in [4.78, 5) is 23.4. The quantitative estimate of drug-likeness (QED) is 0.585. The number of rotatable bonds is 8. The first-order chi connectivity index (χ1) is 10.2. The van der Waals surface area contributed by atoms with E-state index in [1.165, 1.54) is 12.8 Å². The van der Waals surface area contributed by atoms with Crippen LogP contribution in [0.5, 0.6) is 0 Å².